The van der Waals surface area contributed by atoms with E-state index in [2.05, 4.69) is 18.9 Å². The summed E-state index contributed by atoms with van der Waals surface area (Å²) in [6, 6.07) is 3.47. The molecule has 0 saturated carbocycles. The second-order valence-electron chi connectivity index (χ2n) is 4.12. The summed E-state index contributed by atoms with van der Waals surface area (Å²) in [5, 5.41) is 4.10. The highest BCUT2D eigenvalue weighted by molar-refractivity contribution is 5.33. The van der Waals surface area contributed by atoms with Gasteiger partial charge in [0.2, 0.25) is 0 Å². The lowest BCUT2D eigenvalue weighted by Gasteiger charge is -2.04. The molecule has 1 aromatic heterocycles. The van der Waals surface area contributed by atoms with Crippen LogP contribution in [-0.2, 0) is 0 Å². The van der Waals surface area contributed by atoms with E-state index in [9.17, 15) is 8.78 Å². The average Bonchev–Trinajstić information content (AvgIpc) is 2.77. The van der Waals surface area contributed by atoms with Gasteiger partial charge in [-0.3, -0.25) is 0 Å². The molecule has 4 heteroatoms. The highest BCUT2D eigenvalue weighted by Crippen LogP contribution is 2.20. The van der Waals surface area contributed by atoms with Crippen LogP contribution in [0.5, 0.6) is 0 Å². The van der Waals surface area contributed by atoms with Gasteiger partial charge in [-0.1, -0.05) is 13.8 Å². The van der Waals surface area contributed by atoms with Gasteiger partial charge in [-0.05, 0) is 30.0 Å². The van der Waals surface area contributed by atoms with Gasteiger partial charge in [0.1, 0.15) is 11.5 Å². The molecule has 0 amide bonds. The largest absolute Gasteiger partial charge is 0.238 e. The van der Waals surface area contributed by atoms with Crippen molar-refractivity contribution in [3.8, 4) is 5.69 Å². The monoisotopic (exact) mass is 236 g/mol. The van der Waals surface area contributed by atoms with Crippen LogP contribution >= 0.6 is 0 Å². The lowest BCUT2D eigenvalue weighted by Crippen LogP contribution is -1.98. The molecular weight excluding hydrogens is 222 g/mol. The van der Waals surface area contributed by atoms with Gasteiger partial charge in [-0.15, -0.1) is 0 Å². The number of hydrogen-bond acceptors (Lipinski definition) is 1. The molecule has 0 radical (unpaired) electrons. The Bertz CT molecular complexity index is 520. The molecule has 17 heavy (non-hydrogen) atoms. The summed E-state index contributed by atoms with van der Waals surface area (Å²) in [4.78, 5) is 0. The number of aromatic nitrogens is 2. The second kappa shape index (κ2) is 4.65. The summed E-state index contributed by atoms with van der Waals surface area (Å²) >= 11 is 0. The molecule has 0 bridgehead atoms. The van der Waals surface area contributed by atoms with Crippen molar-refractivity contribution in [1.29, 1.82) is 0 Å². The molecule has 0 N–H and O–H groups in total. The zero-order chi connectivity index (χ0) is 12.4. The Balaban J connectivity index is 2.37. The molecule has 1 aromatic carbocycles. The van der Waals surface area contributed by atoms with E-state index in [4.69, 9.17) is 0 Å². The zero-order valence-corrected chi connectivity index (χ0v) is 9.82. The Morgan fingerprint density at radius 3 is 2.76 bits per heavy atom. The van der Waals surface area contributed by atoms with Gasteiger partial charge in [-0.25, -0.2) is 13.5 Å². The molecule has 2 rings (SSSR count). The first-order valence-electron chi connectivity index (χ1n) is 5.61. The van der Waals surface area contributed by atoms with Crippen LogP contribution in [0.4, 0.5) is 8.78 Å². The molecule has 1 heterocycles. The highest BCUT2D eigenvalue weighted by atomic mass is 19.1. The first-order chi connectivity index (χ1) is 8.11. The second-order valence-corrected chi connectivity index (χ2v) is 4.12. The van der Waals surface area contributed by atoms with E-state index in [0.717, 1.165) is 18.1 Å². The van der Waals surface area contributed by atoms with Gasteiger partial charge in [-0.2, -0.15) is 5.10 Å². The third-order valence-electron chi connectivity index (χ3n) is 2.94. The summed E-state index contributed by atoms with van der Waals surface area (Å²) in [6.07, 6.45) is 4.50. The number of rotatable bonds is 3. The summed E-state index contributed by atoms with van der Waals surface area (Å²) in [5.74, 6) is -0.809. The zero-order valence-electron chi connectivity index (χ0n) is 9.82. The summed E-state index contributed by atoms with van der Waals surface area (Å²) in [5.41, 5.74) is 1.32. The Morgan fingerprint density at radius 2 is 2.12 bits per heavy atom. The summed E-state index contributed by atoms with van der Waals surface area (Å²) in [7, 11) is 0. The van der Waals surface area contributed by atoms with E-state index in [-0.39, 0.29) is 5.69 Å². The maximum atomic E-state index is 13.5. The molecule has 0 saturated heterocycles. The SMILES string of the molecule is CC[C@@H](C)c1cnn(-c2ccc(F)cc2F)c1. The van der Waals surface area contributed by atoms with Gasteiger partial charge in [0, 0.05) is 12.3 Å². The third kappa shape index (κ3) is 2.35. The van der Waals surface area contributed by atoms with Crippen LogP contribution in [0.25, 0.3) is 5.69 Å². The first-order valence-corrected chi connectivity index (χ1v) is 5.61. The molecule has 0 aliphatic carbocycles. The number of benzene rings is 1. The smallest absolute Gasteiger partial charge is 0.151 e. The van der Waals surface area contributed by atoms with Crippen LogP contribution < -0.4 is 0 Å². The minimum atomic E-state index is -0.608. The molecule has 0 aliphatic rings. The Labute approximate surface area is 98.9 Å². The van der Waals surface area contributed by atoms with Crippen molar-refractivity contribution in [2.24, 2.45) is 0 Å². The average molecular weight is 236 g/mol. The fourth-order valence-electron chi connectivity index (χ4n) is 1.63. The Hall–Kier alpha value is -1.71. The molecule has 90 valence electrons. The van der Waals surface area contributed by atoms with Gasteiger partial charge < -0.3 is 0 Å². The molecule has 2 aromatic rings. The highest BCUT2D eigenvalue weighted by Gasteiger charge is 2.10. The van der Waals surface area contributed by atoms with Crippen molar-refractivity contribution >= 4 is 0 Å². The number of hydrogen-bond donors (Lipinski definition) is 0. The van der Waals surface area contributed by atoms with Crippen LogP contribution in [0.1, 0.15) is 31.7 Å². The Kier molecular flexibility index (Phi) is 3.22. The van der Waals surface area contributed by atoms with E-state index < -0.39 is 11.6 Å². The van der Waals surface area contributed by atoms with Crippen LogP contribution in [0, 0.1) is 11.6 Å². The topological polar surface area (TPSA) is 17.8 Å². The van der Waals surface area contributed by atoms with Gasteiger partial charge in [0.05, 0.1) is 6.20 Å². The van der Waals surface area contributed by atoms with Gasteiger partial charge in [0.15, 0.2) is 5.82 Å². The summed E-state index contributed by atoms with van der Waals surface area (Å²) in [6.45, 7) is 4.17. The van der Waals surface area contributed by atoms with Crippen molar-refractivity contribution < 1.29 is 8.78 Å². The number of nitrogens with zero attached hydrogens (tertiary/aromatic N) is 2. The minimum absolute atomic E-state index is 0.265. The van der Waals surface area contributed by atoms with E-state index in [1.807, 2.05) is 0 Å². The van der Waals surface area contributed by atoms with Crippen molar-refractivity contribution in [2.75, 3.05) is 0 Å². The predicted molar refractivity (Wildman–Crippen MR) is 62.2 cm³/mol. The Morgan fingerprint density at radius 1 is 1.35 bits per heavy atom. The van der Waals surface area contributed by atoms with Crippen LogP contribution in [0.3, 0.4) is 0 Å². The van der Waals surface area contributed by atoms with E-state index in [1.165, 1.54) is 16.8 Å². The van der Waals surface area contributed by atoms with Crippen molar-refractivity contribution in [2.45, 2.75) is 26.2 Å². The molecule has 0 unspecified atom stereocenters. The van der Waals surface area contributed by atoms with Crippen LogP contribution in [-0.4, -0.2) is 9.78 Å². The van der Waals surface area contributed by atoms with E-state index in [0.29, 0.717) is 5.92 Å². The maximum Gasteiger partial charge on any atom is 0.151 e. The first kappa shape index (κ1) is 11.8. The van der Waals surface area contributed by atoms with Gasteiger partial charge >= 0.3 is 0 Å². The summed E-state index contributed by atoms with van der Waals surface area (Å²) < 4.78 is 27.7. The van der Waals surface area contributed by atoms with Crippen LogP contribution in [0.2, 0.25) is 0 Å². The normalized spacial score (nSPS) is 12.7. The fraction of sp³-hybridized carbons (Fsp3) is 0.308. The van der Waals surface area contributed by atoms with Crippen molar-refractivity contribution in [3.05, 3.63) is 47.8 Å². The minimum Gasteiger partial charge on any atom is -0.238 e. The van der Waals surface area contributed by atoms with Crippen molar-refractivity contribution in [1.82, 2.24) is 9.78 Å². The molecule has 2 nitrogen and oxygen atoms in total. The standard InChI is InChI=1S/C13H14F2N2/c1-3-9(2)10-7-16-17(8-10)13-5-4-11(14)6-12(13)15/h4-9H,3H2,1-2H3/t9-/m1/s1. The molecular formula is C13H14F2N2. The fourth-order valence-corrected chi connectivity index (χ4v) is 1.63. The molecule has 0 spiro atoms. The van der Waals surface area contributed by atoms with E-state index >= 15 is 0 Å². The van der Waals surface area contributed by atoms with Gasteiger partial charge in [0.25, 0.3) is 0 Å². The molecule has 1 atom stereocenters. The third-order valence-corrected chi connectivity index (χ3v) is 2.94. The van der Waals surface area contributed by atoms with Crippen LogP contribution in [0.15, 0.2) is 30.6 Å². The quantitative estimate of drug-likeness (QED) is 0.795. The van der Waals surface area contributed by atoms with E-state index in [1.54, 1.807) is 12.4 Å². The molecule has 0 aliphatic heterocycles. The maximum absolute atomic E-state index is 13.5. The molecule has 0 fully saturated rings. The number of halogens is 2. The van der Waals surface area contributed by atoms with Crippen molar-refractivity contribution in [3.63, 3.8) is 0 Å². The lowest BCUT2D eigenvalue weighted by atomic mass is 10.0. The lowest BCUT2D eigenvalue weighted by molar-refractivity contribution is 0.573. The predicted octanol–water partition coefficient (Wildman–Crippen LogP) is 3.66.